The minimum Gasteiger partial charge on any atom is -0.511 e. The Balaban J connectivity index is 1.66. The fraction of sp³-hybridized carbons (Fsp3) is 0.400. The first-order valence-corrected chi connectivity index (χ1v) is 11.2. The molecule has 5 rings (SSSR count). The van der Waals surface area contributed by atoms with Crippen molar-refractivity contribution in [2.75, 3.05) is 13.6 Å². The zero-order valence-corrected chi connectivity index (χ0v) is 18.3. The van der Waals surface area contributed by atoms with E-state index in [1.807, 2.05) is 0 Å². The van der Waals surface area contributed by atoms with Gasteiger partial charge in [0.15, 0.2) is 11.6 Å². The number of fused-ring (bicyclic) bond motifs is 3. The molecule has 8 nitrogen and oxygen atoms in total. The Morgan fingerprint density at radius 2 is 1.85 bits per heavy atom. The number of phenolic OH excluding ortho intramolecular Hbond substituents is 1. The minimum absolute atomic E-state index is 0.0538. The average molecular weight is 450 g/mol. The standard InChI is InChI=1S/C25H26N2O6/c1-27-9-17(30)13-4-5-15(28)21-14(13)7-11-6-12-8-16(29)22(25(26)33)18(10-2-3-10)19(12)23(31)20(11)24(21)32/h4-5,11-12,19,27-29,31H,2-3,6-9H2,1H3,(H2,26,33). The topological polar surface area (TPSA) is 150 Å². The van der Waals surface area contributed by atoms with Crippen LogP contribution in [0.2, 0.25) is 0 Å². The summed E-state index contributed by atoms with van der Waals surface area (Å²) in [6.45, 7) is 0.0974. The number of carbonyl (C=O) groups is 3. The zero-order valence-electron chi connectivity index (χ0n) is 18.3. The van der Waals surface area contributed by atoms with Gasteiger partial charge < -0.3 is 26.4 Å². The van der Waals surface area contributed by atoms with E-state index in [2.05, 4.69) is 5.32 Å². The first-order valence-electron chi connectivity index (χ1n) is 11.2. The smallest absolute Gasteiger partial charge is 0.252 e. The van der Waals surface area contributed by atoms with Gasteiger partial charge in [-0.05, 0) is 67.8 Å². The van der Waals surface area contributed by atoms with Gasteiger partial charge in [0.25, 0.3) is 5.91 Å². The summed E-state index contributed by atoms with van der Waals surface area (Å²) in [5.41, 5.74) is 8.30. The van der Waals surface area contributed by atoms with E-state index in [4.69, 9.17) is 5.73 Å². The molecule has 0 saturated heterocycles. The number of aliphatic hydroxyl groups excluding tert-OH is 2. The van der Waals surface area contributed by atoms with Crippen molar-refractivity contribution in [3.05, 3.63) is 62.6 Å². The van der Waals surface area contributed by atoms with Crippen LogP contribution in [-0.4, -0.2) is 46.4 Å². The van der Waals surface area contributed by atoms with Crippen LogP contribution >= 0.6 is 0 Å². The third kappa shape index (κ3) is 3.20. The molecule has 3 atom stereocenters. The van der Waals surface area contributed by atoms with Crippen LogP contribution in [0.3, 0.4) is 0 Å². The normalized spacial score (nSPS) is 26.1. The van der Waals surface area contributed by atoms with Crippen molar-refractivity contribution in [2.45, 2.75) is 32.1 Å². The summed E-state index contributed by atoms with van der Waals surface area (Å²) in [7, 11) is 1.66. The number of ketones is 2. The number of aromatic hydroxyl groups is 1. The summed E-state index contributed by atoms with van der Waals surface area (Å²) < 4.78 is 0. The summed E-state index contributed by atoms with van der Waals surface area (Å²) in [5, 5.41) is 35.3. The summed E-state index contributed by atoms with van der Waals surface area (Å²) in [6, 6.07) is 2.87. The highest BCUT2D eigenvalue weighted by molar-refractivity contribution is 6.15. The maximum absolute atomic E-state index is 13.6. The molecule has 1 saturated carbocycles. The fourth-order valence-electron chi connectivity index (χ4n) is 5.94. The van der Waals surface area contributed by atoms with Gasteiger partial charge in [0.05, 0.1) is 17.7 Å². The Labute approximate surface area is 190 Å². The maximum Gasteiger partial charge on any atom is 0.252 e. The molecule has 0 bridgehead atoms. The third-order valence-electron chi connectivity index (χ3n) is 7.34. The molecule has 4 aliphatic carbocycles. The van der Waals surface area contributed by atoms with Gasteiger partial charge in [0.2, 0.25) is 0 Å². The number of likely N-dealkylation sites (N-methyl/N-ethyl adjacent to an activating group) is 1. The molecule has 0 spiro atoms. The van der Waals surface area contributed by atoms with E-state index in [0.717, 1.165) is 18.4 Å². The SMILES string of the molecule is CNCC(=O)c1ccc(O)c2c1CC1CC3CC(O)=C(C(N)=O)C(=C4CC4)C3C(O)=C1C2=O. The van der Waals surface area contributed by atoms with E-state index >= 15 is 0 Å². The van der Waals surface area contributed by atoms with Gasteiger partial charge in [-0.3, -0.25) is 14.4 Å². The van der Waals surface area contributed by atoms with E-state index in [0.29, 0.717) is 29.5 Å². The summed E-state index contributed by atoms with van der Waals surface area (Å²) in [5.74, 6) is -2.98. The number of phenols is 1. The second kappa shape index (κ2) is 7.59. The van der Waals surface area contributed by atoms with Crippen molar-refractivity contribution in [3.8, 4) is 5.75 Å². The van der Waals surface area contributed by atoms with Crippen molar-refractivity contribution in [2.24, 2.45) is 23.5 Å². The highest BCUT2D eigenvalue weighted by Crippen LogP contribution is 2.55. The quantitative estimate of drug-likeness (QED) is 0.442. The number of benzene rings is 1. The van der Waals surface area contributed by atoms with Crippen LogP contribution in [-0.2, 0) is 11.2 Å². The Bertz CT molecular complexity index is 1220. The van der Waals surface area contributed by atoms with Crippen LogP contribution in [0.5, 0.6) is 5.75 Å². The Morgan fingerprint density at radius 3 is 2.48 bits per heavy atom. The van der Waals surface area contributed by atoms with Crippen LogP contribution in [0.25, 0.3) is 0 Å². The molecule has 1 amide bonds. The molecule has 6 N–H and O–H groups in total. The predicted molar refractivity (Wildman–Crippen MR) is 119 cm³/mol. The zero-order chi connectivity index (χ0) is 23.6. The molecule has 0 aliphatic heterocycles. The lowest BCUT2D eigenvalue weighted by Crippen LogP contribution is -2.40. The lowest BCUT2D eigenvalue weighted by molar-refractivity contribution is -0.114. The summed E-state index contributed by atoms with van der Waals surface area (Å²) in [6.07, 6.45) is 2.51. The van der Waals surface area contributed by atoms with E-state index in [9.17, 15) is 29.7 Å². The fourth-order valence-corrected chi connectivity index (χ4v) is 5.94. The molecule has 4 aliphatic rings. The molecule has 1 aromatic rings. The van der Waals surface area contributed by atoms with Crippen LogP contribution in [0.15, 0.2) is 45.9 Å². The van der Waals surface area contributed by atoms with E-state index in [1.165, 1.54) is 12.1 Å². The van der Waals surface area contributed by atoms with Crippen LogP contribution in [0, 0.1) is 17.8 Å². The Kier molecular flexibility index (Phi) is 4.93. The number of hydrogen-bond acceptors (Lipinski definition) is 7. The van der Waals surface area contributed by atoms with Crippen molar-refractivity contribution < 1.29 is 29.7 Å². The largest absolute Gasteiger partial charge is 0.511 e. The molecular weight excluding hydrogens is 424 g/mol. The number of rotatable bonds is 4. The highest BCUT2D eigenvalue weighted by atomic mass is 16.3. The number of hydrogen-bond donors (Lipinski definition) is 5. The number of amides is 1. The van der Waals surface area contributed by atoms with Gasteiger partial charge in [0, 0.05) is 23.5 Å². The Hall–Kier alpha value is -3.39. The number of Topliss-reactive ketones (excluding diaryl/α,β-unsaturated/α-hetero) is 2. The molecular formula is C25H26N2O6. The second-order valence-corrected chi connectivity index (χ2v) is 9.35. The molecule has 1 aromatic carbocycles. The first-order chi connectivity index (χ1) is 15.7. The predicted octanol–water partition coefficient (Wildman–Crippen LogP) is 2.39. The molecule has 0 radical (unpaired) electrons. The van der Waals surface area contributed by atoms with Gasteiger partial charge >= 0.3 is 0 Å². The maximum atomic E-state index is 13.6. The summed E-state index contributed by atoms with van der Waals surface area (Å²) in [4.78, 5) is 38.4. The molecule has 33 heavy (non-hydrogen) atoms. The number of aliphatic hydroxyl groups is 2. The lowest BCUT2D eigenvalue weighted by Gasteiger charge is -2.43. The number of nitrogens with one attached hydrogen (secondary N) is 1. The minimum atomic E-state index is -0.745. The lowest BCUT2D eigenvalue weighted by atomic mass is 9.61. The first kappa shape index (κ1) is 21.5. The van der Waals surface area contributed by atoms with Crippen LogP contribution in [0.1, 0.15) is 52.0 Å². The monoisotopic (exact) mass is 450 g/mol. The highest BCUT2D eigenvalue weighted by Gasteiger charge is 2.50. The van der Waals surface area contributed by atoms with Gasteiger partial charge in [-0.2, -0.15) is 0 Å². The van der Waals surface area contributed by atoms with Crippen molar-refractivity contribution in [3.63, 3.8) is 0 Å². The van der Waals surface area contributed by atoms with Crippen LogP contribution < -0.4 is 11.1 Å². The number of allylic oxidation sites excluding steroid dienone is 4. The van der Waals surface area contributed by atoms with Gasteiger partial charge in [0.1, 0.15) is 17.3 Å². The number of carbonyl (C=O) groups excluding carboxylic acids is 3. The molecule has 3 unspecified atom stereocenters. The van der Waals surface area contributed by atoms with Crippen molar-refractivity contribution in [1.29, 1.82) is 0 Å². The van der Waals surface area contributed by atoms with Gasteiger partial charge in [-0.25, -0.2) is 0 Å². The van der Waals surface area contributed by atoms with Crippen molar-refractivity contribution in [1.82, 2.24) is 5.32 Å². The Morgan fingerprint density at radius 1 is 1.12 bits per heavy atom. The molecule has 0 aromatic heterocycles. The average Bonchev–Trinajstić information content (AvgIpc) is 3.57. The molecule has 0 heterocycles. The molecule has 172 valence electrons. The summed E-state index contributed by atoms with van der Waals surface area (Å²) >= 11 is 0. The van der Waals surface area contributed by atoms with E-state index in [1.54, 1.807) is 7.05 Å². The molecule has 8 heteroatoms. The van der Waals surface area contributed by atoms with Gasteiger partial charge in [-0.15, -0.1) is 0 Å². The third-order valence-corrected chi connectivity index (χ3v) is 7.34. The van der Waals surface area contributed by atoms with Crippen LogP contribution in [0.4, 0.5) is 0 Å². The molecule has 1 fully saturated rings. The van der Waals surface area contributed by atoms with E-state index in [-0.39, 0.29) is 64.6 Å². The van der Waals surface area contributed by atoms with Gasteiger partial charge in [-0.1, -0.05) is 5.57 Å². The number of primary amides is 1. The van der Waals surface area contributed by atoms with E-state index < -0.39 is 17.6 Å². The number of nitrogens with two attached hydrogens (primary N) is 1. The van der Waals surface area contributed by atoms with Crippen molar-refractivity contribution >= 4 is 17.5 Å². The second-order valence-electron chi connectivity index (χ2n) is 9.35.